The van der Waals surface area contributed by atoms with Gasteiger partial charge >= 0.3 is 0 Å². The molecule has 6 rings (SSSR count). The molecule has 0 unspecified atom stereocenters. The third-order valence-electron chi connectivity index (χ3n) is 10.8. The van der Waals surface area contributed by atoms with Gasteiger partial charge in [-0.15, -0.1) is 0 Å². The lowest BCUT2D eigenvalue weighted by molar-refractivity contribution is -0.187. The first-order valence-corrected chi connectivity index (χ1v) is 14.2. The van der Waals surface area contributed by atoms with E-state index < -0.39 is 5.60 Å². The minimum atomic E-state index is -0.798. The van der Waals surface area contributed by atoms with Crippen LogP contribution in [0.25, 0.3) is 0 Å². The molecular weight excluding hydrogens is 506 g/mol. The average molecular weight is 545 g/mol. The highest BCUT2D eigenvalue weighted by atomic mass is 79.9. The zero-order valence-electron chi connectivity index (χ0n) is 20.9. The first-order valence-electron chi connectivity index (χ1n) is 13.4. The number of aliphatic hydroxyl groups is 1. The maximum atomic E-state index is 11.9. The van der Waals surface area contributed by atoms with E-state index in [-0.39, 0.29) is 22.4 Å². The molecule has 0 amide bonds. The number of ether oxygens (including phenoxy) is 2. The first kappa shape index (κ1) is 24.1. The van der Waals surface area contributed by atoms with E-state index in [2.05, 4.69) is 40.8 Å². The lowest BCUT2D eigenvalue weighted by Crippen LogP contribution is -2.56. The van der Waals surface area contributed by atoms with Gasteiger partial charge in [-0.2, -0.15) is 0 Å². The molecule has 190 valence electrons. The molecule has 1 saturated heterocycles. The van der Waals surface area contributed by atoms with E-state index in [4.69, 9.17) is 9.47 Å². The summed E-state index contributed by atoms with van der Waals surface area (Å²) in [6.45, 7) is 6.65. The fourth-order valence-electron chi connectivity index (χ4n) is 8.64. The van der Waals surface area contributed by atoms with Crippen molar-refractivity contribution < 1.29 is 19.7 Å². The van der Waals surface area contributed by atoms with Crippen molar-refractivity contribution >= 4 is 22.1 Å². The van der Waals surface area contributed by atoms with E-state index in [1.165, 1.54) is 6.42 Å². The van der Waals surface area contributed by atoms with Gasteiger partial charge in [0, 0.05) is 34.5 Å². The molecule has 35 heavy (non-hydrogen) atoms. The van der Waals surface area contributed by atoms with Gasteiger partial charge in [0.05, 0.1) is 25.4 Å². The molecule has 5 nitrogen and oxygen atoms in total. The van der Waals surface area contributed by atoms with E-state index in [9.17, 15) is 10.2 Å². The number of phenolic OH excluding ortho intramolecular Hbond substituents is 1. The van der Waals surface area contributed by atoms with Crippen LogP contribution in [0, 0.1) is 28.6 Å². The average Bonchev–Trinajstić information content (AvgIpc) is 3.39. The highest BCUT2D eigenvalue weighted by molar-refractivity contribution is 9.10. The standard InChI is InChI=1S/C29H38BrNO4/c1-26-11-12-29(34-13-14-35-29)16-20(26)3-5-22-23(26)7-9-27(2)24(22)8-10-28(27,33)18-31-17-19-15-21(30)4-6-25(19)32/h3-4,6,15,17,22-24,32-33H,5,7-14,16,18H2,1-2H3/t22-,23+,24-,26-,27-,28+/m0/s1. The zero-order valence-corrected chi connectivity index (χ0v) is 22.5. The Morgan fingerprint density at radius 2 is 1.86 bits per heavy atom. The monoisotopic (exact) mass is 543 g/mol. The molecule has 0 aromatic heterocycles. The Hall–Kier alpha value is -1.21. The molecule has 1 aliphatic heterocycles. The van der Waals surface area contributed by atoms with Crippen LogP contribution < -0.4 is 0 Å². The summed E-state index contributed by atoms with van der Waals surface area (Å²) in [6.07, 6.45) is 12.5. The van der Waals surface area contributed by atoms with E-state index >= 15 is 0 Å². The number of halogens is 1. The largest absolute Gasteiger partial charge is 0.507 e. The number of fused-ring (bicyclic) bond motifs is 5. The van der Waals surface area contributed by atoms with Crippen molar-refractivity contribution in [3.8, 4) is 5.75 Å². The number of hydrogen-bond acceptors (Lipinski definition) is 5. The van der Waals surface area contributed by atoms with Crippen molar-refractivity contribution in [1.82, 2.24) is 0 Å². The molecule has 4 fully saturated rings. The molecule has 1 heterocycles. The maximum absolute atomic E-state index is 11.9. The molecule has 0 bridgehead atoms. The summed E-state index contributed by atoms with van der Waals surface area (Å²) < 4.78 is 13.1. The van der Waals surface area contributed by atoms with E-state index in [1.807, 2.05) is 12.1 Å². The highest BCUT2D eigenvalue weighted by Crippen LogP contribution is 2.68. The number of nitrogens with zero attached hydrogens (tertiary/aromatic N) is 1. The van der Waals surface area contributed by atoms with Crippen molar-refractivity contribution in [3.05, 3.63) is 39.9 Å². The summed E-state index contributed by atoms with van der Waals surface area (Å²) in [5.41, 5.74) is 1.53. The van der Waals surface area contributed by atoms with Crippen LogP contribution in [0.5, 0.6) is 5.75 Å². The SMILES string of the molecule is C[C@]12CCC3(CC1=CC[C@H]1[C@H]2CC[C@@]2(C)[C@H]1CC[C@@]2(O)CN=Cc1cc(Br)ccc1O)OCCO3. The van der Waals surface area contributed by atoms with Crippen LogP contribution >= 0.6 is 15.9 Å². The zero-order chi connectivity index (χ0) is 24.5. The second-order valence-electron chi connectivity index (χ2n) is 12.2. The molecule has 5 aliphatic rings. The predicted molar refractivity (Wildman–Crippen MR) is 140 cm³/mol. The minimum Gasteiger partial charge on any atom is -0.507 e. The second-order valence-corrected chi connectivity index (χ2v) is 13.2. The van der Waals surface area contributed by atoms with E-state index in [0.717, 1.165) is 62.6 Å². The lowest BCUT2D eigenvalue weighted by Gasteiger charge is -2.59. The van der Waals surface area contributed by atoms with E-state index in [1.54, 1.807) is 17.9 Å². The topological polar surface area (TPSA) is 71.3 Å². The molecular formula is C29H38BrNO4. The Balaban J connectivity index is 1.21. The molecule has 1 aromatic carbocycles. The summed E-state index contributed by atoms with van der Waals surface area (Å²) in [5, 5.41) is 22.1. The molecule has 6 heteroatoms. The maximum Gasteiger partial charge on any atom is 0.172 e. The third kappa shape index (κ3) is 3.69. The van der Waals surface area contributed by atoms with Crippen LogP contribution in [0.2, 0.25) is 0 Å². The van der Waals surface area contributed by atoms with Crippen molar-refractivity contribution in [2.24, 2.45) is 33.6 Å². The van der Waals surface area contributed by atoms with Gasteiger partial charge in [-0.1, -0.05) is 41.4 Å². The Morgan fingerprint density at radius 1 is 1.09 bits per heavy atom. The number of benzene rings is 1. The Labute approximate surface area is 217 Å². The number of hydrogen-bond donors (Lipinski definition) is 2. The number of allylic oxidation sites excluding steroid dienone is 1. The van der Waals surface area contributed by atoms with Gasteiger partial charge in [0.25, 0.3) is 0 Å². The number of aromatic hydroxyl groups is 1. The minimum absolute atomic E-state index is 0.125. The van der Waals surface area contributed by atoms with Crippen molar-refractivity contribution in [1.29, 1.82) is 0 Å². The van der Waals surface area contributed by atoms with Crippen LogP contribution in [0.3, 0.4) is 0 Å². The van der Waals surface area contributed by atoms with Crippen LogP contribution in [-0.4, -0.2) is 47.6 Å². The molecule has 1 aromatic rings. The molecule has 3 saturated carbocycles. The predicted octanol–water partition coefficient (Wildman–Crippen LogP) is 6.01. The van der Waals surface area contributed by atoms with Crippen LogP contribution in [0.15, 0.2) is 39.3 Å². The van der Waals surface area contributed by atoms with Gasteiger partial charge in [-0.25, -0.2) is 0 Å². The Kier molecular flexibility index (Phi) is 5.80. The molecule has 0 radical (unpaired) electrons. The summed E-state index contributed by atoms with van der Waals surface area (Å²) in [6, 6.07) is 5.33. The molecule has 2 N–H and O–H groups in total. The molecule has 1 spiro atoms. The highest BCUT2D eigenvalue weighted by Gasteiger charge is 2.64. The van der Waals surface area contributed by atoms with Gasteiger partial charge in [-0.05, 0) is 79.9 Å². The number of rotatable bonds is 3. The van der Waals surface area contributed by atoms with Crippen molar-refractivity contribution in [2.45, 2.75) is 76.6 Å². The van der Waals surface area contributed by atoms with Crippen molar-refractivity contribution in [3.63, 3.8) is 0 Å². The van der Waals surface area contributed by atoms with Crippen LogP contribution in [0.1, 0.15) is 70.8 Å². The Bertz CT molecular complexity index is 1060. The smallest absolute Gasteiger partial charge is 0.172 e. The summed E-state index contributed by atoms with van der Waals surface area (Å²) >= 11 is 3.46. The summed E-state index contributed by atoms with van der Waals surface area (Å²) in [4.78, 5) is 4.66. The van der Waals surface area contributed by atoms with Gasteiger partial charge < -0.3 is 19.7 Å². The van der Waals surface area contributed by atoms with Crippen LogP contribution in [0.4, 0.5) is 0 Å². The fraction of sp³-hybridized carbons (Fsp3) is 0.690. The fourth-order valence-corrected chi connectivity index (χ4v) is 9.02. The summed E-state index contributed by atoms with van der Waals surface area (Å²) in [7, 11) is 0. The summed E-state index contributed by atoms with van der Waals surface area (Å²) in [5.74, 6) is 1.65. The van der Waals surface area contributed by atoms with Gasteiger partial charge in [0.15, 0.2) is 5.79 Å². The van der Waals surface area contributed by atoms with Gasteiger partial charge in [0.1, 0.15) is 5.75 Å². The van der Waals surface area contributed by atoms with Gasteiger partial charge in [-0.3, -0.25) is 4.99 Å². The number of phenols is 1. The van der Waals surface area contributed by atoms with Crippen LogP contribution in [-0.2, 0) is 9.47 Å². The number of aliphatic imine (C=N–C) groups is 1. The molecule has 4 aliphatic carbocycles. The lowest BCUT2D eigenvalue weighted by atomic mass is 9.46. The van der Waals surface area contributed by atoms with E-state index in [0.29, 0.717) is 29.9 Å². The first-order chi connectivity index (χ1) is 16.7. The van der Waals surface area contributed by atoms with Crippen molar-refractivity contribution in [2.75, 3.05) is 19.8 Å². The Morgan fingerprint density at radius 3 is 2.66 bits per heavy atom. The second kappa shape index (κ2) is 8.41. The third-order valence-corrected chi connectivity index (χ3v) is 11.3. The normalized spacial score (nSPS) is 42.1. The molecule has 6 atom stereocenters. The quantitative estimate of drug-likeness (QED) is 0.361. The van der Waals surface area contributed by atoms with Gasteiger partial charge in [0.2, 0.25) is 0 Å².